The van der Waals surface area contributed by atoms with Crippen LogP contribution in [-0.2, 0) is 16.9 Å². The van der Waals surface area contributed by atoms with Gasteiger partial charge in [0, 0.05) is 17.5 Å². The molecule has 0 atom stereocenters. The summed E-state index contributed by atoms with van der Waals surface area (Å²) in [6, 6.07) is 8.41. The third-order valence-electron chi connectivity index (χ3n) is 5.29. The van der Waals surface area contributed by atoms with Crippen LogP contribution >= 0.6 is 0 Å². The lowest BCUT2D eigenvalue weighted by Crippen LogP contribution is -2.22. The minimum Gasteiger partial charge on any atom is -0.384 e. The van der Waals surface area contributed by atoms with E-state index in [0.717, 1.165) is 17.8 Å². The van der Waals surface area contributed by atoms with Crippen molar-refractivity contribution in [2.75, 3.05) is 31.5 Å². The zero-order valence-corrected chi connectivity index (χ0v) is 14.8. The van der Waals surface area contributed by atoms with Gasteiger partial charge in [-0.2, -0.15) is 0 Å². The fourth-order valence-corrected chi connectivity index (χ4v) is 3.94. The molecule has 0 bridgehead atoms. The van der Waals surface area contributed by atoms with Crippen molar-refractivity contribution in [1.29, 1.82) is 0 Å². The molecular weight excluding hydrogens is 298 g/mol. The number of hydrogen-bond acceptors (Lipinski definition) is 4. The summed E-state index contributed by atoms with van der Waals surface area (Å²) in [5.41, 5.74) is 4.30. The van der Waals surface area contributed by atoms with Crippen molar-refractivity contribution in [3.63, 3.8) is 0 Å². The predicted molar refractivity (Wildman–Crippen MR) is 98.3 cm³/mol. The van der Waals surface area contributed by atoms with Gasteiger partial charge in [-0.3, -0.25) is 0 Å². The molecule has 0 unspecified atom stereocenters. The lowest BCUT2D eigenvalue weighted by molar-refractivity contribution is -0.00989. The zero-order chi connectivity index (χ0) is 16.6. The van der Waals surface area contributed by atoms with Crippen LogP contribution in [0.4, 0.5) is 5.69 Å². The molecule has 1 aromatic carbocycles. The van der Waals surface area contributed by atoms with Crippen LogP contribution in [0.1, 0.15) is 44.4 Å². The van der Waals surface area contributed by atoms with Crippen molar-refractivity contribution in [2.24, 2.45) is 0 Å². The molecule has 24 heavy (non-hydrogen) atoms. The molecule has 0 radical (unpaired) electrons. The van der Waals surface area contributed by atoms with Gasteiger partial charge in [0.05, 0.1) is 23.5 Å². The van der Waals surface area contributed by atoms with Crippen LogP contribution in [0.2, 0.25) is 0 Å². The Morgan fingerprint density at radius 1 is 1.21 bits per heavy atom. The summed E-state index contributed by atoms with van der Waals surface area (Å²) in [5, 5.41) is 4.91. The maximum Gasteiger partial charge on any atom is 0.105 e. The number of para-hydroxylation sites is 1. The first-order valence-corrected chi connectivity index (χ1v) is 9.17. The molecular formula is C20H27N3O. The van der Waals surface area contributed by atoms with E-state index < -0.39 is 0 Å². The van der Waals surface area contributed by atoms with E-state index in [-0.39, 0.29) is 5.60 Å². The smallest absolute Gasteiger partial charge is 0.105 e. The molecule has 4 nitrogen and oxygen atoms in total. The Morgan fingerprint density at radius 3 is 2.83 bits per heavy atom. The topological polar surface area (TPSA) is 37.4 Å². The van der Waals surface area contributed by atoms with E-state index in [9.17, 15) is 0 Å². The van der Waals surface area contributed by atoms with Gasteiger partial charge in [0.2, 0.25) is 0 Å². The van der Waals surface area contributed by atoms with Crippen molar-refractivity contribution in [1.82, 2.24) is 9.88 Å². The Kier molecular flexibility index (Phi) is 4.19. The van der Waals surface area contributed by atoms with Crippen molar-refractivity contribution < 1.29 is 4.74 Å². The number of benzene rings is 1. The van der Waals surface area contributed by atoms with E-state index in [0.29, 0.717) is 6.61 Å². The van der Waals surface area contributed by atoms with Crippen molar-refractivity contribution in [3.8, 4) is 0 Å². The maximum absolute atomic E-state index is 6.00. The summed E-state index contributed by atoms with van der Waals surface area (Å²) in [4.78, 5) is 7.46. The van der Waals surface area contributed by atoms with Gasteiger partial charge in [-0.1, -0.05) is 18.2 Å². The molecule has 2 aliphatic rings. The molecule has 1 N–H and O–H groups in total. The van der Waals surface area contributed by atoms with Gasteiger partial charge in [0.15, 0.2) is 0 Å². The van der Waals surface area contributed by atoms with Gasteiger partial charge >= 0.3 is 0 Å². The highest BCUT2D eigenvalue weighted by Gasteiger charge is 2.35. The van der Waals surface area contributed by atoms with Gasteiger partial charge in [-0.25, -0.2) is 4.98 Å². The van der Waals surface area contributed by atoms with Crippen molar-refractivity contribution in [2.45, 2.75) is 45.3 Å². The van der Waals surface area contributed by atoms with Crippen LogP contribution < -0.4 is 5.32 Å². The number of hydrogen-bond donors (Lipinski definition) is 1. The molecule has 2 aromatic rings. The highest BCUT2D eigenvalue weighted by Crippen LogP contribution is 2.41. The quantitative estimate of drug-likeness (QED) is 0.846. The third-order valence-corrected chi connectivity index (χ3v) is 5.29. The summed E-state index contributed by atoms with van der Waals surface area (Å²) in [7, 11) is 0. The number of ether oxygens (including phenoxy) is 1. The van der Waals surface area contributed by atoms with Crippen molar-refractivity contribution in [3.05, 3.63) is 35.5 Å². The molecule has 128 valence electrons. The van der Waals surface area contributed by atoms with Crippen LogP contribution in [0.5, 0.6) is 0 Å². The fourth-order valence-electron chi connectivity index (χ4n) is 3.94. The molecule has 4 rings (SSSR count). The summed E-state index contributed by atoms with van der Waals surface area (Å²) < 4.78 is 6.00. The van der Waals surface area contributed by atoms with Gasteiger partial charge in [0.1, 0.15) is 5.60 Å². The lowest BCUT2D eigenvalue weighted by atomic mass is 9.99. The number of rotatable bonds is 5. The zero-order valence-electron chi connectivity index (χ0n) is 14.8. The Balaban J connectivity index is 1.57. The number of pyridine rings is 1. The van der Waals surface area contributed by atoms with E-state index in [1.54, 1.807) is 0 Å². The number of aromatic nitrogens is 1. The molecule has 1 aromatic heterocycles. The third kappa shape index (κ3) is 2.89. The van der Waals surface area contributed by atoms with Crippen LogP contribution in [0.25, 0.3) is 10.9 Å². The normalized spacial score (nSPS) is 19.8. The number of fused-ring (bicyclic) bond motifs is 2. The largest absolute Gasteiger partial charge is 0.384 e. The average molecular weight is 325 g/mol. The second-order valence-electron chi connectivity index (χ2n) is 7.46. The molecule has 1 fully saturated rings. The number of likely N-dealkylation sites (tertiary alicyclic amines) is 1. The number of nitrogens with zero attached hydrogens (tertiary/aromatic N) is 2. The first-order valence-electron chi connectivity index (χ1n) is 9.17. The SMILES string of the molecule is CC1(C)OCc2c1nc1ccccc1c2NCCCN1CCCC1. The van der Waals surface area contributed by atoms with Crippen molar-refractivity contribution >= 4 is 16.6 Å². The Labute approximate surface area is 144 Å². The molecule has 2 aliphatic heterocycles. The van der Waals surface area contributed by atoms with Gasteiger partial charge < -0.3 is 15.0 Å². The molecule has 0 spiro atoms. The summed E-state index contributed by atoms with van der Waals surface area (Å²) in [6.45, 7) is 9.60. The van der Waals surface area contributed by atoms with Gasteiger partial charge in [0.25, 0.3) is 0 Å². The molecule has 0 aliphatic carbocycles. The van der Waals surface area contributed by atoms with Gasteiger partial charge in [-0.05, 0) is 58.8 Å². The summed E-state index contributed by atoms with van der Waals surface area (Å²) in [5.74, 6) is 0. The van der Waals surface area contributed by atoms with E-state index in [1.807, 2.05) is 0 Å². The maximum atomic E-state index is 6.00. The minimum atomic E-state index is -0.300. The molecule has 0 saturated carbocycles. The second kappa shape index (κ2) is 6.34. The Hall–Kier alpha value is -1.65. The van der Waals surface area contributed by atoms with Gasteiger partial charge in [-0.15, -0.1) is 0 Å². The molecule has 1 saturated heterocycles. The van der Waals surface area contributed by atoms with E-state index >= 15 is 0 Å². The first kappa shape index (κ1) is 15.9. The lowest BCUT2D eigenvalue weighted by Gasteiger charge is -2.19. The summed E-state index contributed by atoms with van der Waals surface area (Å²) in [6.07, 6.45) is 3.90. The Bertz CT molecular complexity index is 735. The second-order valence-corrected chi connectivity index (χ2v) is 7.46. The van der Waals surface area contributed by atoms with Crippen LogP contribution in [0.3, 0.4) is 0 Å². The van der Waals surface area contributed by atoms with Crippen LogP contribution in [-0.4, -0.2) is 36.1 Å². The summed E-state index contributed by atoms with van der Waals surface area (Å²) >= 11 is 0. The molecule has 4 heteroatoms. The fraction of sp³-hybridized carbons (Fsp3) is 0.550. The predicted octanol–water partition coefficient (Wildman–Crippen LogP) is 3.90. The van der Waals surface area contributed by atoms with Crippen LogP contribution in [0.15, 0.2) is 24.3 Å². The van der Waals surface area contributed by atoms with E-state index in [4.69, 9.17) is 9.72 Å². The van der Waals surface area contributed by atoms with Crippen LogP contribution in [0, 0.1) is 0 Å². The Morgan fingerprint density at radius 2 is 2.00 bits per heavy atom. The average Bonchev–Trinajstić information content (AvgIpc) is 3.19. The molecule has 3 heterocycles. The molecule has 0 amide bonds. The number of nitrogens with one attached hydrogen (secondary N) is 1. The first-order chi connectivity index (χ1) is 11.6. The van der Waals surface area contributed by atoms with E-state index in [2.05, 4.69) is 48.3 Å². The highest BCUT2D eigenvalue weighted by atomic mass is 16.5. The minimum absolute atomic E-state index is 0.300. The van der Waals surface area contributed by atoms with E-state index in [1.165, 1.54) is 55.5 Å². The monoisotopic (exact) mass is 325 g/mol. The standard InChI is InChI=1S/C20H27N3O/c1-20(2)19-16(14-24-20)18(15-8-3-4-9-17(15)22-19)21-10-7-13-23-11-5-6-12-23/h3-4,8-9H,5-7,10-14H2,1-2H3,(H,21,22). The number of anilines is 1. The highest BCUT2D eigenvalue weighted by molar-refractivity contribution is 5.93.